The Labute approximate surface area is 52.1 Å². The van der Waals surface area contributed by atoms with Gasteiger partial charge in [-0.15, -0.1) is 0 Å². The lowest BCUT2D eigenvalue weighted by atomic mass is 10.4. The lowest BCUT2D eigenvalue weighted by molar-refractivity contribution is -0.349. The molecular formula is C4H6N3O2. The van der Waals surface area contributed by atoms with Gasteiger partial charge >= 0.3 is 5.84 Å². The predicted molar refractivity (Wildman–Crippen MR) is 31.4 cm³/mol. The first-order valence-corrected chi connectivity index (χ1v) is 2.47. The number of nitrogens with zero attached hydrogens (tertiary/aromatic N) is 3. The molecule has 0 aliphatic carbocycles. The summed E-state index contributed by atoms with van der Waals surface area (Å²) < 4.78 is 0. The van der Waals surface area contributed by atoms with E-state index in [0.29, 0.717) is 6.54 Å². The fourth-order valence-electron chi connectivity index (χ4n) is 0.581. The Morgan fingerprint density at radius 1 is 2.00 bits per heavy atom. The summed E-state index contributed by atoms with van der Waals surface area (Å²) in [5.74, 6) is -0.0579. The number of nitro groups is 1. The van der Waals surface area contributed by atoms with Crippen molar-refractivity contribution < 1.29 is 4.92 Å². The van der Waals surface area contributed by atoms with Crippen molar-refractivity contribution in [2.24, 2.45) is 5.10 Å². The van der Waals surface area contributed by atoms with Gasteiger partial charge < -0.3 is 10.1 Å². The van der Waals surface area contributed by atoms with Gasteiger partial charge in [0.2, 0.25) is 0 Å². The molecule has 0 saturated heterocycles. The van der Waals surface area contributed by atoms with Crippen molar-refractivity contribution in [1.82, 2.24) is 5.01 Å². The largest absolute Gasteiger partial charge is 0.369 e. The van der Waals surface area contributed by atoms with Crippen molar-refractivity contribution in [2.75, 3.05) is 13.6 Å². The first-order valence-electron chi connectivity index (χ1n) is 2.47. The van der Waals surface area contributed by atoms with Gasteiger partial charge in [-0.25, -0.2) is 5.01 Å². The van der Waals surface area contributed by atoms with Crippen molar-refractivity contribution in [2.45, 2.75) is 0 Å². The molecule has 0 aromatic carbocycles. The molecule has 0 aromatic heterocycles. The molecular weight excluding hydrogens is 122 g/mol. The number of hydrogen-bond acceptors (Lipinski definition) is 4. The van der Waals surface area contributed by atoms with Crippen molar-refractivity contribution in [3.8, 4) is 0 Å². The summed E-state index contributed by atoms with van der Waals surface area (Å²) in [6.45, 7) is 0.538. The van der Waals surface area contributed by atoms with Crippen LogP contribution in [0.1, 0.15) is 0 Å². The Morgan fingerprint density at radius 3 is 2.89 bits per heavy atom. The standard InChI is InChI=1S/C4H6N3O2/c1-6-3-2-4(5-6)7(8)9/h2H,3H2,1H3. The third kappa shape index (κ3) is 1.16. The van der Waals surface area contributed by atoms with Gasteiger partial charge in [-0.3, -0.25) is 0 Å². The zero-order valence-corrected chi connectivity index (χ0v) is 4.94. The summed E-state index contributed by atoms with van der Waals surface area (Å²) in [5.41, 5.74) is 0. The van der Waals surface area contributed by atoms with Crippen LogP contribution in [0.2, 0.25) is 0 Å². The van der Waals surface area contributed by atoms with E-state index in [-0.39, 0.29) is 5.84 Å². The van der Waals surface area contributed by atoms with E-state index < -0.39 is 4.92 Å². The quantitative estimate of drug-likeness (QED) is 0.333. The van der Waals surface area contributed by atoms with E-state index in [1.807, 2.05) is 0 Å². The molecule has 1 heterocycles. The van der Waals surface area contributed by atoms with Crippen LogP contribution in [-0.4, -0.2) is 29.4 Å². The van der Waals surface area contributed by atoms with Crippen molar-refractivity contribution >= 4 is 5.84 Å². The average Bonchev–Trinajstić information content (AvgIpc) is 2.14. The normalized spacial score (nSPS) is 17.9. The third-order valence-corrected chi connectivity index (χ3v) is 0.998. The molecule has 0 fully saturated rings. The van der Waals surface area contributed by atoms with Crippen LogP contribution in [0, 0.1) is 16.5 Å². The van der Waals surface area contributed by atoms with Gasteiger partial charge in [-0.2, -0.15) is 0 Å². The Hall–Kier alpha value is -1.13. The molecule has 0 atom stereocenters. The van der Waals surface area contributed by atoms with Gasteiger partial charge in [0.15, 0.2) is 0 Å². The Balaban J connectivity index is 2.62. The van der Waals surface area contributed by atoms with E-state index in [0.717, 1.165) is 0 Å². The molecule has 1 aliphatic rings. The Bertz CT molecular complexity index is 165. The molecule has 1 aliphatic heterocycles. The first-order chi connectivity index (χ1) is 4.20. The average molecular weight is 128 g/mol. The minimum atomic E-state index is -0.497. The predicted octanol–water partition coefficient (Wildman–Crippen LogP) is -0.274. The highest BCUT2D eigenvalue weighted by Crippen LogP contribution is 2.00. The lowest BCUT2D eigenvalue weighted by Gasteiger charge is -1.91. The molecule has 1 radical (unpaired) electrons. The SMILES string of the molecule is CN1C[CH]C([N+](=O)[O-])=N1. The van der Waals surface area contributed by atoms with Crippen LogP contribution in [0.3, 0.4) is 0 Å². The molecule has 0 amide bonds. The summed E-state index contributed by atoms with van der Waals surface area (Å²) in [5, 5.41) is 15.1. The van der Waals surface area contributed by atoms with Crippen LogP contribution in [0.4, 0.5) is 0 Å². The second-order valence-electron chi connectivity index (χ2n) is 1.76. The number of hydrogen-bond donors (Lipinski definition) is 0. The van der Waals surface area contributed by atoms with Crippen LogP contribution >= 0.6 is 0 Å². The summed E-state index contributed by atoms with van der Waals surface area (Å²) in [7, 11) is 1.69. The second-order valence-corrected chi connectivity index (χ2v) is 1.76. The second kappa shape index (κ2) is 2.00. The van der Waals surface area contributed by atoms with Crippen LogP contribution in [0.5, 0.6) is 0 Å². The van der Waals surface area contributed by atoms with E-state index >= 15 is 0 Å². The maximum absolute atomic E-state index is 9.96. The Kier molecular flexibility index (Phi) is 1.33. The van der Waals surface area contributed by atoms with Gasteiger partial charge in [0.1, 0.15) is 6.42 Å². The molecule has 0 unspecified atom stereocenters. The monoisotopic (exact) mass is 128 g/mol. The van der Waals surface area contributed by atoms with Crippen LogP contribution < -0.4 is 0 Å². The first kappa shape index (κ1) is 6.00. The van der Waals surface area contributed by atoms with Crippen LogP contribution in [0.25, 0.3) is 0 Å². The zero-order valence-electron chi connectivity index (χ0n) is 4.94. The van der Waals surface area contributed by atoms with E-state index in [2.05, 4.69) is 5.10 Å². The number of amidine groups is 1. The highest BCUT2D eigenvalue weighted by atomic mass is 16.6. The van der Waals surface area contributed by atoms with Crippen molar-refractivity contribution in [3.63, 3.8) is 0 Å². The van der Waals surface area contributed by atoms with Crippen molar-refractivity contribution in [1.29, 1.82) is 0 Å². The van der Waals surface area contributed by atoms with Crippen LogP contribution in [0.15, 0.2) is 5.10 Å². The smallest absolute Gasteiger partial charge is 0.358 e. The zero-order chi connectivity index (χ0) is 6.85. The molecule has 0 spiro atoms. The van der Waals surface area contributed by atoms with E-state index in [1.54, 1.807) is 7.05 Å². The fraction of sp³-hybridized carbons (Fsp3) is 0.500. The molecule has 5 nitrogen and oxygen atoms in total. The minimum Gasteiger partial charge on any atom is -0.358 e. The van der Waals surface area contributed by atoms with Gasteiger partial charge in [0.05, 0.1) is 6.54 Å². The number of hydrazone groups is 1. The molecule has 0 N–H and O–H groups in total. The molecule has 0 saturated carbocycles. The fourth-order valence-corrected chi connectivity index (χ4v) is 0.581. The van der Waals surface area contributed by atoms with E-state index in [1.165, 1.54) is 11.4 Å². The van der Waals surface area contributed by atoms with E-state index in [9.17, 15) is 10.1 Å². The maximum Gasteiger partial charge on any atom is 0.369 e. The summed E-state index contributed by atoms with van der Waals surface area (Å²) in [4.78, 5) is 9.47. The van der Waals surface area contributed by atoms with Gasteiger partial charge in [-0.05, 0) is 4.92 Å². The van der Waals surface area contributed by atoms with Crippen LogP contribution in [-0.2, 0) is 0 Å². The molecule has 0 bridgehead atoms. The third-order valence-electron chi connectivity index (χ3n) is 0.998. The maximum atomic E-state index is 9.96. The number of rotatable bonds is 0. The summed E-state index contributed by atoms with van der Waals surface area (Å²) >= 11 is 0. The van der Waals surface area contributed by atoms with Gasteiger partial charge in [-0.1, -0.05) is 0 Å². The molecule has 5 heteroatoms. The Morgan fingerprint density at radius 2 is 2.67 bits per heavy atom. The van der Waals surface area contributed by atoms with E-state index in [4.69, 9.17) is 0 Å². The highest BCUT2D eigenvalue weighted by Gasteiger charge is 2.22. The molecule has 49 valence electrons. The van der Waals surface area contributed by atoms with Gasteiger partial charge in [0.25, 0.3) is 0 Å². The lowest BCUT2D eigenvalue weighted by Crippen LogP contribution is -2.08. The molecule has 9 heavy (non-hydrogen) atoms. The summed E-state index contributed by atoms with van der Waals surface area (Å²) in [6, 6.07) is 0. The topological polar surface area (TPSA) is 58.7 Å². The van der Waals surface area contributed by atoms with Gasteiger partial charge in [0, 0.05) is 12.1 Å². The highest BCUT2D eigenvalue weighted by molar-refractivity contribution is 5.84. The summed E-state index contributed by atoms with van der Waals surface area (Å²) in [6.07, 6.45) is 1.47. The molecule has 1 rings (SSSR count). The molecule has 0 aromatic rings. The minimum absolute atomic E-state index is 0.0579. The van der Waals surface area contributed by atoms with Crippen molar-refractivity contribution in [3.05, 3.63) is 16.5 Å².